The van der Waals surface area contributed by atoms with Crippen LogP contribution in [0, 0.1) is 23.3 Å². The Balaban J connectivity index is 2.40. The molecule has 24 heavy (non-hydrogen) atoms. The van der Waals surface area contributed by atoms with Crippen LogP contribution in [0.4, 0.5) is 17.6 Å². The molecule has 0 atom stereocenters. The van der Waals surface area contributed by atoms with Gasteiger partial charge in [0.1, 0.15) is 23.3 Å². The summed E-state index contributed by atoms with van der Waals surface area (Å²) >= 11 is 5.44. The zero-order chi connectivity index (χ0) is 18.2. The average molecular weight is 470 g/mol. The van der Waals surface area contributed by atoms with Gasteiger partial charge in [-0.05, 0) is 56.1 Å². The molecule has 0 aliphatic rings. The summed E-state index contributed by atoms with van der Waals surface area (Å²) in [4.78, 5) is 24.1. The first-order valence-corrected chi connectivity index (χ1v) is 7.64. The lowest BCUT2D eigenvalue weighted by molar-refractivity contribution is 0.0609. The number of hydrogen-bond donors (Lipinski definition) is 1. The summed E-state index contributed by atoms with van der Waals surface area (Å²) in [6.07, 6.45) is 0. The summed E-state index contributed by atoms with van der Waals surface area (Å²) in [6, 6.07) is 2.38. The number of imide groups is 1. The number of rotatable bonds is 2. The molecule has 2 aromatic carbocycles. The van der Waals surface area contributed by atoms with Crippen molar-refractivity contribution >= 4 is 43.7 Å². The second-order valence-corrected chi connectivity index (χ2v) is 6.18. The minimum absolute atomic E-state index is 0.127. The van der Waals surface area contributed by atoms with Crippen molar-refractivity contribution in [1.29, 1.82) is 0 Å². The van der Waals surface area contributed by atoms with E-state index in [1.807, 2.05) is 0 Å². The molecule has 0 fully saturated rings. The fraction of sp³-hybridized carbons (Fsp3) is 0. The quantitative estimate of drug-likeness (QED) is 0.181. The van der Waals surface area contributed by atoms with Crippen molar-refractivity contribution in [3.05, 3.63) is 67.6 Å². The van der Waals surface area contributed by atoms with E-state index < -0.39 is 46.2 Å². The largest absolute Gasteiger partial charge is 0.278 e. The summed E-state index contributed by atoms with van der Waals surface area (Å²) < 4.78 is 53.9. The van der Waals surface area contributed by atoms with Crippen LogP contribution in [0.2, 0.25) is 0 Å². The molecule has 10 heteroatoms. The number of hydrogen-bond acceptors (Lipinski definition) is 3. The Morgan fingerprint density at radius 1 is 0.750 bits per heavy atom. The SMILES string of the molecule is NN(C(=O)c1cc(F)c(Br)cc1F)C(=O)c1cc(F)c(Br)cc1F. The molecule has 2 rings (SSSR count). The number of halogens is 6. The van der Waals surface area contributed by atoms with Crippen molar-refractivity contribution in [3.63, 3.8) is 0 Å². The first-order chi connectivity index (χ1) is 11.1. The van der Waals surface area contributed by atoms with Crippen molar-refractivity contribution in [2.45, 2.75) is 0 Å². The van der Waals surface area contributed by atoms with Gasteiger partial charge in [-0.25, -0.2) is 28.4 Å². The van der Waals surface area contributed by atoms with E-state index in [4.69, 9.17) is 5.84 Å². The molecule has 2 amide bonds. The minimum atomic E-state index is -1.42. The zero-order valence-corrected chi connectivity index (χ0v) is 14.6. The first kappa shape index (κ1) is 18.6. The van der Waals surface area contributed by atoms with E-state index in [-0.39, 0.29) is 14.0 Å². The second kappa shape index (κ2) is 6.99. The van der Waals surface area contributed by atoms with Crippen molar-refractivity contribution < 1.29 is 27.2 Å². The number of amides is 2. The highest BCUT2D eigenvalue weighted by molar-refractivity contribution is 9.10. The maximum atomic E-state index is 13.8. The van der Waals surface area contributed by atoms with E-state index in [0.717, 1.165) is 0 Å². The van der Waals surface area contributed by atoms with Crippen molar-refractivity contribution in [3.8, 4) is 0 Å². The molecule has 2 N–H and O–H groups in total. The third-order valence-electron chi connectivity index (χ3n) is 2.92. The molecule has 2 aromatic rings. The van der Waals surface area contributed by atoms with Gasteiger partial charge in [0.25, 0.3) is 11.8 Å². The summed E-state index contributed by atoms with van der Waals surface area (Å²) in [6.45, 7) is 0. The number of carbonyl (C=O) groups is 2. The van der Waals surface area contributed by atoms with Crippen LogP contribution in [0.25, 0.3) is 0 Å². The Kier molecular flexibility index (Phi) is 5.41. The van der Waals surface area contributed by atoms with Gasteiger partial charge in [-0.15, -0.1) is 0 Å². The standard InChI is InChI=1S/C14H6Br2F4N2O2/c15-7-3-9(17)5(1-11(7)19)13(23)22(21)14(24)6-2-12(20)8(16)4-10(6)18/h1-4H,21H2. The molecule has 126 valence electrons. The molecule has 4 nitrogen and oxygen atoms in total. The van der Waals surface area contributed by atoms with E-state index in [1.54, 1.807) is 0 Å². The fourth-order valence-electron chi connectivity index (χ4n) is 1.72. The predicted molar refractivity (Wildman–Crippen MR) is 82.8 cm³/mol. The van der Waals surface area contributed by atoms with Crippen molar-refractivity contribution in [1.82, 2.24) is 5.01 Å². The van der Waals surface area contributed by atoms with E-state index in [9.17, 15) is 27.2 Å². The lowest BCUT2D eigenvalue weighted by Gasteiger charge is -2.16. The molecule has 0 aromatic heterocycles. The molecule has 0 aliphatic carbocycles. The molecule has 0 bridgehead atoms. The Bertz CT molecular complexity index is 792. The van der Waals surface area contributed by atoms with E-state index in [2.05, 4.69) is 31.9 Å². The number of carbonyl (C=O) groups excluding carboxylic acids is 2. The summed E-state index contributed by atoms with van der Waals surface area (Å²) in [5, 5.41) is -0.127. The third-order valence-corrected chi connectivity index (χ3v) is 4.13. The van der Waals surface area contributed by atoms with Gasteiger partial charge in [-0.1, -0.05) is 0 Å². The summed E-state index contributed by atoms with van der Waals surface area (Å²) in [5.41, 5.74) is -1.69. The highest BCUT2D eigenvalue weighted by Crippen LogP contribution is 2.23. The topological polar surface area (TPSA) is 63.4 Å². The maximum absolute atomic E-state index is 13.8. The highest BCUT2D eigenvalue weighted by atomic mass is 79.9. The molecule has 0 saturated heterocycles. The predicted octanol–water partition coefficient (Wildman–Crippen LogP) is 3.92. The van der Waals surface area contributed by atoms with Gasteiger partial charge in [0, 0.05) is 0 Å². The van der Waals surface area contributed by atoms with Crippen LogP contribution in [0.5, 0.6) is 0 Å². The zero-order valence-electron chi connectivity index (χ0n) is 11.4. The van der Waals surface area contributed by atoms with Gasteiger partial charge < -0.3 is 0 Å². The van der Waals surface area contributed by atoms with E-state index >= 15 is 0 Å². The molecule has 0 radical (unpaired) electrons. The lowest BCUT2D eigenvalue weighted by atomic mass is 10.1. The Labute approximate surface area is 149 Å². The second-order valence-electron chi connectivity index (χ2n) is 4.47. The summed E-state index contributed by atoms with van der Waals surface area (Å²) in [5.74, 6) is -1.83. The molecule has 0 unspecified atom stereocenters. The monoisotopic (exact) mass is 468 g/mol. The molecule has 0 spiro atoms. The maximum Gasteiger partial charge on any atom is 0.278 e. The van der Waals surface area contributed by atoms with Crippen molar-refractivity contribution in [2.75, 3.05) is 0 Å². The molecule has 0 heterocycles. The van der Waals surface area contributed by atoms with E-state index in [0.29, 0.717) is 24.3 Å². The van der Waals surface area contributed by atoms with E-state index in [1.165, 1.54) is 0 Å². The van der Waals surface area contributed by atoms with Gasteiger partial charge in [0.15, 0.2) is 0 Å². The van der Waals surface area contributed by atoms with Crippen LogP contribution < -0.4 is 5.84 Å². The van der Waals surface area contributed by atoms with Crippen LogP contribution >= 0.6 is 31.9 Å². The first-order valence-electron chi connectivity index (χ1n) is 6.06. The van der Waals surface area contributed by atoms with Crippen LogP contribution in [0.1, 0.15) is 20.7 Å². The van der Waals surface area contributed by atoms with Crippen LogP contribution in [0.15, 0.2) is 33.2 Å². The number of hydrazine groups is 1. The lowest BCUT2D eigenvalue weighted by Crippen LogP contribution is -2.43. The molecular weight excluding hydrogens is 464 g/mol. The van der Waals surface area contributed by atoms with Gasteiger partial charge in [0.2, 0.25) is 0 Å². The molecule has 0 saturated carbocycles. The van der Waals surface area contributed by atoms with Gasteiger partial charge in [0.05, 0.1) is 20.1 Å². The Morgan fingerprint density at radius 3 is 1.42 bits per heavy atom. The Morgan fingerprint density at radius 2 is 1.08 bits per heavy atom. The average Bonchev–Trinajstić information content (AvgIpc) is 2.52. The van der Waals surface area contributed by atoms with Crippen LogP contribution in [-0.2, 0) is 0 Å². The normalized spacial score (nSPS) is 10.6. The van der Waals surface area contributed by atoms with Crippen molar-refractivity contribution in [2.24, 2.45) is 5.84 Å². The third kappa shape index (κ3) is 3.50. The minimum Gasteiger partial charge on any atom is -0.267 e. The fourth-order valence-corrected chi connectivity index (χ4v) is 2.36. The number of nitrogens with zero attached hydrogens (tertiary/aromatic N) is 1. The van der Waals surface area contributed by atoms with Gasteiger partial charge in [-0.2, -0.15) is 0 Å². The van der Waals surface area contributed by atoms with Crippen LogP contribution in [-0.4, -0.2) is 16.8 Å². The highest BCUT2D eigenvalue weighted by Gasteiger charge is 2.27. The Hall–Kier alpha value is -1.78. The molecule has 0 aliphatic heterocycles. The number of benzene rings is 2. The van der Waals surface area contributed by atoms with Gasteiger partial charge in [-0.3, -0.25) is 9.59 Å². The molecular formula is C14H6Br2F4N2O2. The summed E-state index contributed by atoms with van der Waals surface area (Å²) in [7, 11) is 0. The smallest absolute Gasteiger partial charge is 0.267 e. The van der Waals surface area contributed by atoms with Crippen LogP contribution in [0.3, 0.4) is 0 Å². The van der Waals surface area contributed by atoms with Gasteiger partial charge >= 0.3 is 0 Å². The number of nitrogens with two attached hydrogens (primary N) is 1.